The maximum Gasteiger partial charge on any atom is 0.254 e. The van der Waals surface area contributed by atoms with Crippen molar-refractivity contribution in [1.82, 2.24) is 4.98 Å². The quantitative estimate of drug-likeness (QED) is 0.866. The number of carbonyl (C=O) groups excluding carboxylic acids is 2. The second kappa shape index (κ2) is 7.51. The van der Waals surface area contributed by atoms with Gasteiger partial charge in [0.2, 0.25) is 0 Å². The summed E-state index contributed by atoms with van der Waals surface area (Å²) >= 11 is 1.26. The molecule has 2 atom stereocenters. The number of rotatable bonds is 5. The van der Waals surface area contributed by atoms with Crippen LogP contribution in [0.1, 0.15) is 61.8 Å². The van der Waals surface area contributed by atoms with Crippen LogP contribution in [0.3, 0.4) is 0 Å². The number of carbonyl (C=O) groups is 2. The van der Waals surface area contributed by atoms with E-state index in [1.165, 1.54) is 11.3 Å². The molecule has 138 valence electrons. The van der Waals surface area contributed by atoms with Gasteiger partial charge in [0.1, 0.15) is 6.10 Å². The Kier molecular flexibility index (Phi) is 5.55. The summed E-state index contributed by atoms with van der Waals surface area (Å²) < 4.78 is 11.3. The molecule has 0 radical (unpaired) electrons. The molecule has 1 amide bonds. The van der Waals surface area contributed by atoms with Gasteiger partial charge >= 0.3 is 0 Å². The molecule has 2 unspecified atom stereocenters. The lowest BCUT2D eigenvalue weighted by Crippen LogP contribution is -2.32. The number of anilines is 1. The molecule has 0 saturated carbocycles. The van der Waals surface area contributed by atoms with Crippen molar-refractivity contribution in [2.45, 2.75) is 65.1 Å². The topological polar surface area (TPSA) is 77.5 Å². The van der Waals surface area contributed by atoms with Crippen LogP contribution in [0.4, 0.5) is 5.13 Å². The van der Waals surface area contributed by atoms with E-state index in [-0.39, 0.29) is 23.2 Å². The van der Waals surface area contributed by atoms with E-state index in [2.05, 4.69) is 24.1 Å². The number of amides is 1. The number of nitrogens with one attached hydrogen (secondary N) is 1. The Labute approximate surface area is 152 Å². The predicted octanol–water partition coefficient (Wildman–Crippen LogP) is 3.21. The van der Waals surface area contributed by atoms with Gasteiger partial charge in [-0.2, -0.15) is 0 Å². The molecule has 1 aromatic heterocycles. The summed E-state index contributed by atoms with van der Waals surface area (Å²) in [4.78, 5) is 29.7. The smallest absolute Gasteiger partial charge is 0.254 e. The van der Waals surface area contributed by atoms with Crippen molar-refractivity contribution < 1.29 is 19.1 Å². The van der Waals surface area contributed by atoms with Crippen LogP contribution in [-0.4, -0.2) is 42.1 Å². The fourth-order valence-electron chi connectivity index (χ4n) is 3.25. The average molecular weight is 366 g/mol. The predicted molar refractivity (Wildman–Crippen MR) is 96.2 cm³/mol. The molecular formula is C18H26N2O4S. The molecule has 6 nitrogen and oxygen atoms in total. The van der Waals surface area contributed by atoms with Gasteiger partial charge in [0.05, 0.1) is 23.3 Å². The molecule has 1 fully saturated rings. The van der Waals surface area contributed by atoms with Crippen molar-refractivity contribution in [2.75, 3.05) is 18.5 Å². The number of fused-ring (bicyclic) bond motifs is 1. The Bertz CT molecular complexity index is 650. The van der Waals surface area contributed by atoms with Crippen molar-refractivity contribution in [1.29, 1.82) is 0 Å². The third-order valence-electron chi connectivity index (χ3n) is 4.64. The highest BCUT2D eigenvalue weighted by molar-refractivity contribution is 7.17. The van der Waals surface area contributed by atoms with Crippen molar-refractivity contribution in [3.8, 4) is 0 Å². The van der Waals surface area contributed by atoms with E-state index in [1.54, 1.807) is 6.92 Å². The van der Waals surface area contributed by atoms with Crippen LogP contribution < -0.4 is 5.32 Å². The zero-order valence-corrected chi connectivity index (χ0v) is 15.9. The van der Waals surface area contributed by atoms with Crippen LogP contribution in [0.2, 0.25) is 0 Å². The largest absolute Gasteiger partial charge is 0.376 e. The number of ketones is 1. The lowest BCUT2D eigenvalue weighted by molar-refractivity contribution is -0.130. The Morgan fingerprint density at radius 3 is 2.96 bits per heavy atom. The Morgan fingerprint density at radius 2 is 2.24 bits per heavy atom. The highest BCUT2D eigenvalue weighted by Crippen LogP contribution is 2.38. The van der Waals surface area contributed by atoms with Gasteiger partial charge in [-0.15, -0.1) is 0 Å². The fraction of sp³-hybridized carbons (Fsp3) is 0.722. The van der Waals surface area contributed by atoms with E-state index in [0.29, 0.717) is 23.0 Å². The molecule has 0 spiro atoms. The number of aromatic nitrogens is 1. The zero-order valence-electron chi connectivity index (χ0n) is 15.1. The molecule has 1 aromatic rings. The van der Waals surface area contributed by atoms with Crippen molar-refractivity contribution in [2.24, 2.45) is 5.41 Å². The molecule has 3 rings (SSSR count). The van der Waals surface area contributed by atoms with E-state index >= 15 is 0 Å². The summed E-state index contributed by atoms with van der Waals surface area (Å²) in [6.07, 6.45) is 3.99. The van der Waals surface area contributed by atoms with Crippen molar-refractivity contribution in [3.63, 3.8) is 0 Å². The normalized spacial score (nSPS) is 23.8. The number of thiazole rings is 1. The number of ether oxygens (including phenoxy) is 2. The molecule has 2 aliphatic rings. The highest BCUT2D eigenvalue weighted by Gasteiger charge is 2.34. The van der Waals surface area contributed by atoms with Crippen LogP contribution in [0, 0.1) is 5.41 Å². The van der Waals surface area contributed by atoms with E-state index < -0.39 is 6.10 Å². The van der Waals surface area contributed by atoms with Gasteiger partial charge in [0.15, 0.2) is 10.9 Å². The maximum atomic E-state index is 12.3. The summed E-state index contributed by atoms with van der Waals surface area (Å²) in [5, 5.41) is 3.26. The molecule has 2 heterocycles. The van der Waals surface area contributed by atoms with E-state index in [1.807, 2.05) is 0 Å². The molecule has 25 heavy (non-hydrogen) atoms. The van der Waals surface area contributed by atoms with E-state index in [4.69, 9.17) is 9.47 Å². The van der Waals surface area contributed by atoms with Crippen LogP contribution in [0.15, 0.2) is 0 Å². The molecule has 1 saturated heterocycles. The van der Waals surface area contributed by atoms with E-state index in [9.17, 15) is 9.59 Å². The average Bonchev–Trinajstić information content (AvgIpc) is 2.94. The van der Waals surface area contributed by atoms with Crippen LogP contribution in [0.5, 0.6) is 0 Å². The Balaban J connectivity index is 1.55. The summed E-state index contributed by atoms with van der Waals surface area (Å²) in [5.74, 6) is -0.128. The molecule has 1 aliphatic carbocycles. The lowest BCUT2D eigenvalue weighted by atomic mass is 9.78. The number of nitrogens with zero attached hydrogens (tertiary/aromatic N) is 1. The van der Waals surface area contributed by atoms with Crippen LogP contribution in [0.25, 0.3) is 0 Å². The molecule has 1 aliphatic heterocycles. The fourth-order valence-corrected chi connectivity index (χ4v) is 4.17. The highest BCUT2D eigenvalue weighted by atomic mass is 32.1. The molecule has 1 N–H and O–H groups in total. The first-order valence-corrected chi connectivity index (χ1v) is 9.73. The summed E-state index contributed by atoms with van der Waals surface area (Å²) in [5.41, 5.74) is 0.723. The number of hydrogen-bond acceptors (Lipinski definition) is 6. The zero-order chi connectivity index (χ0) is 18.0. The second-order valence-corrected chi connectivity index (χ2v) is 8.69. The molecule has 7 heteroatoms. The summed E-state index contributed by atoms with van der Waals surface area (Å²) in [7, 11) is 0. The second-order valence-electron chi connectivity index (χ2n) is 7.69. The van der Waals surface area contributed by atoms with Gasteiger partial charge in [-0.1, -0.05) is 25.2 Å². The Hall–Kier alpha value is -1.31. The van der Waals surface area contributed by atoms with Gasteiger partial charge < -0.3 is 9.47 Å². The Morgan fingerprint density at radius 1 is 1.44 bits per heavy atom. The number of hydrogen-bond donors (Lipinski definition) is 1. The van der Waals surface area contributed by atoms with Crippen LogP contribution in [-0.2, 0) is 20.7 Å². The lowest BCUT2D eigenvalue weighted by Gasteiger charge is -2.26. The van der Waals surface area contributed by atoms with Gasteiger partial charge in [-0.25, -0.2) is 4.98 Å². The maximum absolute atomic E-state index is 12.3. The van der Waals surface area contributed by atoms with E-state index in [0.717, 1.165) is 38.0 Å². The van der Waals surface area contributed by atoms with Gasteiger partial charge in [-0.3, -0.25) is 14.9 Å². The first-order chi connectivity index (χ1) is 11.8. The standard InChI is InChI=1S/C18H26N2O4S/c1-11(24-10-12-6-4-5-7-23-12)16(22)20-17-19-13-8-18(2,3)9-14(21)15(13)25-17/h11-12H,4-10H2,1-3H3,(H,19,20,22). The minimum atomic E-state index is -0.585. The summed E-state index contributed by atoms with van der Waals surface area (Å²) in [6, 6.07) is 0. The first kappa shape index (κ1) is 18.5. The van der Waals surface area contributed by atoms with Crippen LogP contribution >= 0.6 is 11.3 Å². The minimum Gasteiger partial charge on any atom is -0.376 e. The van der Waals surface area contributed by atoms with Gasteiger partial charge in [0, 0.05) is 13.0 Å². The van der Waals surface area contributed by atoms with Gasteiger partial charge in [0.25, 0.3) is 5.91 Å². The molecular weight excluding hydrogens is 340 g/mol. The third kappa shape index (κ3) is 4.65. The van der Waals surface area contributed by atoms with Crippen molar-refractivity contribution in [3.05, 3.63) is 10.6 Å². The minimum absolute atomic E-state index is 0.0736. The van der Waals surface area contributed by atoms with Crippen molar-refractivity contribution >= 4 is 28.2 Å². The molecule has 0 aromatic carbocycles. The summed E-state index contributed by atoms with van der Waals surface area (Å²) in [6.45, 7) is 7.04. The third-order valence-corrected chi connectivity index (χ3v) is 5.70. The number of Topliss-reactive ketones (excluding diaryl/α,β-unsaturated/α-hetero) is 1. The first-order valence-electron chi connectivity index (χ1n) is 8.91. The molecule has 0 bridgehead atoms. The monoisotopic (exact) mass is 366 g/mol. The SMILES string of the molecule is CC(OCC1CCCCO1)C(=O)Nc1nc2c(s1)C(=O)CC(C)(C)C2. The van der Waals surface area contributed by atoms with Gasteiger partial charge in [-0.05, 0) is 38.0 Å².